The quantitative estimate of drug-likeness (QED) is 0.578. The second-order valence-electron chi connectivity index (χ2n) is 4.11. The van der Waals surface area contributed by atoms with E-state index in [0.717, 1.165) is 18.5 Å². The smallest absolute Gasteiger partial charge is 0.0640 e. The standard InChI is InChI=1S/C12H17N5/c1-17-6-4-11(16-17)8-12(15-13)7-10-3-2-5-14-9-10/h2-6,9,12,15H,7-8,13H2,1H3. The average Bonchev–Trinajstić information content (AvgIpc) is 2.75. The van der Waals surface area contributed by atoms with Gasteiger partial charge in [-0.15, -0.1) is 0 Å². The van der Waals surface area contributed by atoms with Crippen molar-refractivity contribution in [2.75, 3.05) is 0 Å². The van der Waals surface area contributed by atoms with Crippen LogP contribution in [-0.4, -0.2) is 20.8 Å². The second kappa shape index (κ2) is 5.56. The molecule has 1 atom stereocenters. The molecular formula is C12H17N5. The molecule has 2 rings (SSSR count). The summed E-state index contributed by atoms with van der Waals surface area (Å²) in [4.78, 5) is 4.09. The third-order valence-electron chi connectivity index (χ3n) is 2.66. The predicted molar refractivity (Wildman–Crippen MR) is 66.0 cm³/mol. The first-order valence-electron chi connectivity index (χ1n) is 5.61. The third-order valence-corrected chi connectivity index (χ3v) is 2.66. The zero-order valence-electron chi connectivity index (χ0n) is 9.87. The first-order chi connectivity index (χ1) is 8.28. The summed E-state index contributed by atoms with van der Waals surface area (Å²) in [5.74, 6) is 5.57. The summed E-state index contributed by atoms with van der Waals surface area (Å²) >= 11 is 0. The Hall–Kier alpha value is -1.72. The Morgan fingerprint density at radius 3 is 2.88 bits per heavy atom. The highest BCUT2D eigenvalue weighted by atomic mass is 15.3. The van der Waals surface area contributed by atoms with E-state index in [1.807, 2.05) is 31.6 Å². The molecule has 2 heterocycles. The molecule has 0 spiro atoms. The van der Waals surface area contributed by atoms with Crippen LogP contribution in [-0.2, 0) is 19.9 Å². The number of hydrogen-bond acceptors (Lipinski definition) is 4. The minimum absolute atomic E-state index is 0.175. The first kappa shape index (κ1) is 11.8. The summed E-state index contributed by atoms with van der Waals surface area (Å²) in [5, 5.41) is 4.35. The van der Waals surface area contributed by atoms with Crippen LogP contribution in [0.5, 0.6) is 0 Å². The van der Waals surface area contributed by atoms with Crippen LogP contribution in [0.2, 0.25) is 0 Å². The monoisotopic (exact) mass is 231 g/mol. The molecule has 5 nitrogen and oxygen atoms in total. The van der Waals surface area contributed by atoms with E-state index in [0.29, 0.717) is 0 Å². The second-order valence-corrected chi connectivity index (χ2v) is 4.11. The number of nitrogens with zero attached hydrogens (tertiary/aromatic N) is 3. The fourth-order valence-electron chi connectivity index (χ4n) is 1.82. The molecule has 90 valence electrons. The van der Waals surface area contributed by atoms with Crippen molar-refractivity contribution in [3.8, 4) is 0 Å². The summed E-state index contributed by atoms with van der Waals surface area (Å²) in [6.07, 6.45) is 7.23. The molecule has 0 aliphatic carbocycles. The van der Waals surface area contributed by atoms with Crippen molar-refractivity contribution in [1.29, 1.82) is 0 Å². The van der Waals surface area contributed by atoms with Gasteiger partial charge in [0.05, 0.1) is 5.69 Å². The van der Waals surface area contributed by atoms with Crippen molar-refractivity contribution in [3.05, 3.63) is 48.0 Å². The Bertz CT molecular complexity index is 451. The van der Waals surface area contributed by atoms with Crippen molar-refractivity contribution in [2.24, 2.45) is 12.9 Å². The minimum atomic E-state index is 0.175. The van der Waals surface area contributed by atoms with E-state index in [1.54, 1.807) is 10.9 Å². The van der Waals surface area contributed by atoms with Gasteiger partial charge in [-0.05, 0) is 24.1 Å². The maximum atomic E-state index is 5.57. The highest BCUT2D eigenvalue weighted by molar-refractivity contribution is 5.11. The van der Waals surface area contributed by atoms with Crippen molar-refractivity contribution in [2.45, 2.75) is 18.9 Å². The Morgan fingerprint density at radius 1 is 1.41 bits per heavy atom. The lowest BCUT2D eigenvalue weighted by Crippen LogP contribution is -2.38. The van der Waals surface area contributed by atoms with Crippen LogP contribution in [0.1, 0.15) is 11.3 Å². The molecule has 0 aliphatic heterocycles. The zero-order valence-corrected chi connectivity index (χ0v) is 9.87. The normalized spacial score (nSPS) is 12.6. The summed E-state index contributed by atoms with van der Waals surface area (Å²) < 4.78 is 1.80. The minimum Gasteiger partial charge on any atom is -0.276 e. The van der Waals surface area contributed by atoms with Crippen molar-refractivity contribution >= 4 is 0 Å². The van der Waals surface area contributed by atoms with Crippen LogP contribution in [0.4, 0.5) is 0 Å². The highest BCUT2D eigenvalue weighted by Crippen LogP contribution is 2.06. The summed E-state index contributed by atoms with van der Waals surface area (Å²) in [6.45, 7) is 0. The number of aryl methyl sites for hydroxylation is 1. The molecule has 0 saturated heterocycles. The largest absolute Gasteiger partial charge is 0.276 e. The van der Waals surface area contributed by atoms with Crippen molar-refractivity contribution < 1.29 is 0 Å². The van der Waals surface area contributed by atoms with E-state index < -0.39 is 0 Å². The van der Waals surface area contributed by atoms with E-state index in [4.69, 9.17) is 5.84 Å². The Kier molecular flexibility index (Phi) is 3.85. The van der Waals surface area contributed by atoms with Crippen LogP contribution < -0.4 is 11.3 Å². The molecule has 2 aromatic rings. The van der Waals surface area contributed by atoms with Crippen LogP contribution in [0.3, 0.4) is 0 Å². The Balaban J connectivity index is 1.98. The van der Waals surface area contributed by atoms with Crippen LogP contribution in [0.15, 0.2) is 36.8 Å². The number of hydrogen-bond donors (Lipinski definition) is 2. The van der Waals surface area contributed by atoms with Crippen molar-refractivity contribution in [1.82, 2.24) is 20.2 Å². The van der Waals surface area contributed by atoms with Gasteiger partial charge in [0.15, 0.2) is 0 Å². The molecule has 5 heteroatoms. The fraction of sp³-hybridized carbons (Fsp3) is 0.333. The summed E-state index contributed by atoms with van der Waals surface area (Å²) in [5.41, 5.74) is 5.04. The molecule has 0 fully saturated rings. The fourth-order valence-corrected chi connectivity index (χ4v) is 1.82. The number of aromatic nitrogens is 3. The zero-order chi connectivity index (χ0) is 12.1. The molecule has 0 saturated carbocycles. The molecule has 1 unspecified atom stereocenters. The van der Waals surface area contributed by atoms with E-state index in [-0.39, 0.29) is 6.04 Å². The van der Waals surface area contributed by atoms with E-state index in [2.05, 4.69) is 21.6 Å². The molecule has 0 amide bonds. The Labute approximate surface area is 101 Å². The van der Waals surface area contributed by atoms with Gasteiger partial charge in [-0.25, -0.2) is 0 Å². The molecule has 0 bridgehead atoms. The van der Waals surface area contributed by atoms with Crippen LogP contribution >= 0.6 is 0 Å². The summed E-state index contributed by atoms with van der Waals surface area (Å²) in [6, 6.07) is 6.17. The number of pyridine rings is 1. The molecule has 3 N–H and O–H groups in total. The number of nitrogens with two attached hydrogens (primary N) is 1. The number of rotatable bonds is 5. The molecular weight excluding hydrogens is 214 g/mol. The molecule has 0 aromatic carbocycles. The Morgan fingerprint density at radius 2 is 2.29 bits per heavy atom. The van der Waals surface area contributed by atoms with Crippen LogP contribution in [0.25, 0.3) is 0 Å². The van der Waals surface area contributed by atoms with Crippen molar-refractivity contribution in [3.63, 3.8) is 0 Å². The number of hydrazine groups is 1. The lowest BCUT2D eigenvalue weighted by Gasteiger charge is -2.14. The summed E-state index contributed by atoms with van der Waals surface area (Å²) in [7, 11) is 1.91. The van der Waals surface area contributed by atoms with Crippen LogP contribution in [0, 0.1) is 0 Å². The molecule has 0 radical (unpaired) electrons. The predicted octanol–water partition coefficient (Wildman–Crippen LogP) is 0.432. The SMILES string of the molecule is Cn1ccc(CC(Cc2cccnc2)NN)n1. The van der Waals surface area contributed by atoms with Gasteiger partial charge in [-0.3, -0.25) is 20.9 Å². The van der Waals surface area contributed by atoms with Gasteiger partial charge in [-0.2, -0.15) is 5.10 Å². The molecule has 2 aromatic heterocycles. The van der Waals surface area contributed by atoms with Gasteiger partial charge in [0.2, 0.25) is 0 Å². The molecule has 0 aliphatic rings. The topological polar surface area (TPSA) is 68.8 Å². The van der Waals surface area contributed by atoms with Gasteiger partial charge in [-0.1, -0.05) is 6.07 Å². The van der Waals surface area contributed by atoms with E-state index >= 15 is 0 Å². The van der Waals surface area contributed by atoms with E-state index in [9.17, 15) is 0 Å². The molecule has 17 heavy (non-hydrogen) atoms. The third kappa shape index (κ3) is 3.37. The lowest BCUT2D eigenvalue weighted by atomic mass is 10.0. The number of nitrogens with one attached hydrogen (secondary N) is 1. The maximum Gasteiger partial charge on any atom is 0.0640 e. The van der Waals surface area contributed by atoms with Gasteiger partial charge in [0.25, 0.3) is 0 Å². The van der Waals surface area contributed by atoms with Gasteiger partial charge in [0, 0.05) is 38.1 Å². The lowest BCUT2D eigenvalue weighted by molar-refractivity contribution is 0.513. The highest BCUT2D eigenvalue weighted by Gasteiger charge is 2.10. The van der Waals surface area contributed by atoms with E-state index in [1.165, 1.54) is 5.56 Å². The van der Waals surface area contributed by atoms with Gasteiger partial charge >= 0.3 is 0 Å². The average molecular weight is 231 g/mol. The maximum absolute atomic E-state index is 5.57. The van der Waals surface area contributed by atoms with Gasteiger partial charge < -0.3 is 0 Å². The first-order valence-corrected chi connectivity index (χ1v) is 5.61. The van der Waals surface area contributed by atoms with Gasteiger partial charge in [0.1, 0.15) is 0 Å².